The first kappa shape index (κ1) is 19.4. The maximum absolute atomic E-state index is 11.4. The molecule has 4 rings (SSSR count). The second-order valence-electron chi connectivity index (χ2n) is 7.25. The minimum absolute atomic E-state index is 0.190. The van der Waals surface area contributed by atoms with Gasteiger partial charge in [0.2, 0.25) is 6.41 Å². The lowest BCUT2D eigenvalue weighted by atomic mass is 9.99. The molecule has 0 bridgehead atoms. The third-order valence-corrected chi connectivity index (χ3v) is 4.96. The first-order valence-electron chi connectivity index (χ1n) is 9.71. The molecule has 148 valence electrons. The molecule has 0 aliphatic heterocycles. The van der Waals surface area contributed by atoms with Crippen molar-refractivity contribution < 1.29 is 9.53 Å². The monoisotopic (exact) mass is 395 g/mol. The summed E-state index contributed by atoms with van der Waals surface area (Å²) in [6, 6.07) is 17.6. The van der Waals surface area contributed by atoms with Crippen LogP contribution in [0.15, 0.2) is 60.8 Å². The Morgan fingerprint density at radius 1 is 1.13 bits per heavy atom. The van der Waals surface area contributed by atoms with Crippen LogP contribution in [0.2, 0.25) is 0 Å². The van der Waals surface area contributed by atoms with E-state index in [1.165, 1.54) is 10.1 Å². The molecule has 0 saturated carbocycles. The van der Waals surface area contributed by atoms with Gasteiger partial charge in [-0.2, -0.15) is 0 Å². The summed E-state index contributed by atoms with van der Waals surface area (Å²) in [6.07, 6.45) is 7.75. The Balaban J connectivity index is 1.93. The van der Waals surface area contributed by atoms with Crippen LogP contribution >= 0.6 is 0 Å². The molecule has 5 nitrogen and oxygen atoms in total. The summed E-state index contributed by atoms with van der Waals surface area (Å²) in [5, 5.41) is 0.856. The third kappa shape index (κ3) is 3.68. The molecule has 0 aliphatic rings. The fraction of sp³-hybridized carbons (Fsp3) is 0.160. The number of aromatic nitrogens is 3. The number of nitrogens with zero attached hydrogens (tertiary/aromatic N) is 3. The standard InChI is InChI=1S/C25H21N3O2/c1-4-14-30-20-11-12-22-21(15-20)24(19-9-7-18(8-10-19)17(2)3)27-25(26-22)23-6-5-13-28(23)16-29/h1,5-13,15-17H,14H2,2-3H3. The Kier molecular flexibility index (Phi) is 5.32. The number of rotatable bonds is 6. The van der Waals surface area contributed by atoms with Crippen LogP contribution in [-0.2, 0) is 4.79 Å². The Morgan fingerprint density at radius 3 is 2.63 bits per heavy atom. The average Bonchev–Trinajstić information content (AvgIpc) is 3.26. The van der Waals surface area contributed by atoms with E-state index >= 15 is 0 Å². The molecule has 0 N–H and O–H groups in total. The molecular weight excluding hydrogens is 374 g/mol. The highest BCUT2D eigenvalue weighted by molar-refractivity contribution is 5.94. The van der Waals surface area contributed by atoms with E-state index in [2.05, 4.69) is 44.0 Å². The topological polar surface area (TPSA) is 57.0 Å². The summed E-state index contributed by atoms with van der Waals surface area (Å²) in [6.45, 7) is 4.52. The number of carbonyl (C=O) groups is 1. The van der Waals surface area contributed by atoms with Crippen LogP contribution in [0.4, 0.5) is 0 Å². The molecule has 0 aliphatic carbocycles. The van der Waals surface area contributed by atoms with E-state index in [0.29, 0.717) is 23.2 Å². The number of hydrogen-bond acceptors (Lipinski definition) is 4. The van der Waals surface area contributed by atoms with Gasteiger partial charge in [-0.3, -0.25) is 9.36 Å². The van der Waals surface area contributed by atoms with Gasteiger partial charge in [0.05, 0.1) is 16.9 Å². The summed E-state index contributed by atoms with van der Waals surface area (Å²) in [5.41, 5.74) is 4.39. The van der Waals surface area contributed by atoms with E-state index in [1.807, 2.05) is 24.3 Å². The highest BCUT2D eigenvalue weighted by Crippen LogP contribution is 2.32. The zero-order chi connectivity index (χ0) is 21.1. The normalized spacial score (nSPS) is 10.9. The van der Waals surface area contributed by atoms with Crippen molar-refractivity contribution in [2.45, 2.75) is 19.8 Å². The van der Waals surface area contributed by atoms with Gasteiger partial charge in [0.25, 0.3) is 0 Å². The Morgan fingerprint density at radius 2 is 1.93 bits per heavy atom. The first-order valence-corrected chi connectivity index (χ1v) is 9.71. The predicted octanol–water partition coefficient (Wildman–Crippen LogP) is 4.94. The van der Waals surface area contributed by atoms with Gasteiger partial charge in [-0.15, -0.1) is 6.42 Å². The van der Waals surface area contributed by atoms with Crippen LogP contribution in [0.3, 0.4) is 0 Å². The lowest BCUT2D eigenvalue weighted by Crippen LogP contribution is -2.01. The Labute approximate surface area is 175 Å². The van der Waals surface area contributed by atoms with Crippen molar-refractivity contribution in [1.82, 2.24) is 14.5 Å². The van der Waals surface area contributed by atoms with Gasteiger partial charge in [-0.05, 0) is 41.8 Å². The maximum Gasteiger partial charge on any atom is 0.218 e. The minimum atomic E-state index is 0.190. The van der Waals surface area contributed by atoms with Crippen LogP contribution in [-0.4, -0.2) is 27.6 Å². The average molecular weight is 395 g/mol. The second-order valence-corrected chi connectivity index (χ2v) is 7.25. The van der Waals surface area contributed by atoms with Crippen molar-refractivity contribution >= 4 is 17.3 Å². The van der Waals surface area contributed by atoms with Gasteiger partial charge >= 0.3 is 0 Å². The minimum Gasteiger partial charge on any atom is -0.481 e. The van der Waals surface area contributed by atoms with Crippen molar-refractivity contribution in [3.05, 3.63) is 66.4 Å². The summed E-state index contributed by atoms with van der Waals surface area (Å²) in [5.74, 6) is 4.07. The summed E-state index contributed by atoms with van der Waals surface area (Å²) in [7, 11) is 0. The van der Waals surface area contributed by atoms with Crippen LogP contribution in [0, 0.1) is 12.3 Å². The fourth-order valence-electron chi connectivity index (χ4n) is 3.36. The lowest BCUT2D eigenvalue weighted by molar-refractivity contribution is 0.371. The first-order chi connectivity index (χ1) is 14.6. The highest BCUT2D eigenvalue weighted by Gasteiger charge is 2.15. The van der Waals surface area contributed by atoms with E-state index in [1.54, 1.807) is 12.3 Å². The zero-order valence-corrected chi connectivity index (χ0v) is 16.9. The van der Waals surface area contributed by atoms with Crippen molar-refractivity contribution in [2.24, 2.45) is 0 Å². The largest absolute Gasteiger partial charge is 0.481 e. The molecule has 5 heteroatoms. The molecular formula is C25H21N3O2. The van der Waals surface area contributed by atoms with Gasteiger partial charge in [0.1, 0.15) is 12.4 Å². The maximum atomic E-state index is 11.4. The molecule has 0 fully saturated rings. The number of benzene rings is 2. The van der Waals surface area contributed by atoms with E-state index in [9.17, 15) is 4.79 Å². The molecule has 0 radical (unpaired) electrons. The van der Waals surface area contributed by atoms with E-state index in [-0.39, 0.29) is 6.61 Å². The molecule has 30 heavy (non-hydrogen) atoms. The molecule has 2 heterocycles. The van der Waals surface area contributed by atoms with Gasteiger partial charge in [-0.1, -0.05) is 44.0 Å². The number of carbonyl (C=O) groups excluding carboxylic acids is 1. The number of fused-ring (bicyclic) bond motifs is 1. The molecule has 2 aromatic heterocycles. The molecule has 0 amide bonds. The van der Waals surface area contributed by atoms with Gasteiger partial charge in [0.15, 0.2) is 5.82 Å². The predicted molar refractivity (Wildman–Crippen MR) is 119 cm³/mol. The Hall–Kier alpha value is -3.91. The highest BCUT2D eigenvalue weighted by atomic mass is 16.5. The molecule has 0 atom stereocenters. The second kappa shape index (κ2) is 8.22. The molecule has 0 unspecified atom stereocenters. The summed E-state index contributed by atoms with van der Waals surface area (Å²) in [4.78, 5) is 20.9. The summed E-state index contributed by atoms with van der Waals surface area (Å²) >= 11 is 0. The van der Waals surface area contributed by atoms with E-state index in [4.69, 9.17) is 21.1 Å². The molecule has 4 aromatic rings. The van der Waals surface area contributed by atoms with Gasteiger partial charge in [-0.25, -0.2) is 9.97 Å². The van der Waals surface area contributed by atoms with Gasteiger partial charge in [0, 0.05) is 17.1 Å². The SMILES string of the molecule is C#CCOc1ccc2nc(-c3cccn3C=O)nc(-c3ccc(C(C)C)cc3)c2c1. The summed E-state index contributed by atoms with van der Waals surface area (Å²) < 4.78 is 7.07. The van der Waals surface area contributed by atoms with Gasteiger partial charge < -0.3 is 4.74 Å². The molecule has 0 spiro atoms. The smallest absolute Gasteiger partial charge is 0.218 e. The van der Waals surface area contributed by atoms with Crippen molar-refractivity contribution in [2.75, 3.05) is 6.61 Å². The molecule has 0 saturated heterocycles. The number of ether oxygens (including phenoxy) is 1. The van der Waals surface area contributed by atoms with E-state index in [0.717, 1.165) is 28.6 Å². The fourth-order valence-corrected chi connectivity index (χ4v) is 3.36. The van der Waals surface area contributed by atoms with Crippen LogP contribution in [0.1, 0.15) is 25.3 Å². The lowest BCUT2D eigenvalue weighted by Gasteiger charge is -2.12. The van der Waals surface area contributed by atoms with Crippen LogP contribution in [0.5, 0.6) is 5.75 Å². The van der Waals surface area contributed by atoms with Crippen molar-refractivity contribution in [3.8, 4) is 40.9 Å². The van der Waals surface area contributed by atoms with E-state index < -0.39 is 0 Å². The van der Waals surface area contributed by atoms with Crippen molar-refractivity contribution in [1.29, 1.82) is 0 Å². The zero-order valence-electron chi connectivity index (χ0n) is 16.9. The number of hydrogen-bond donors (Lipinski definition) is 0. The third-order valence-electron chi connectivity index (χ3n) is 4.96. The van der Waals surface area contributed by atoms with Crippen molar-refractivity contribution in [3.63, 3.8) is 0 Å². The molecule has 2 aromatic carbocycles. The Bertz CT molecular complexity index is 1250. The number of terminal acetylenes is 1. The van der Waals surface area contributed by atoms with Crippen LogP contribution in [0.25, 0.3) is 33.7 Å². The quantitative estimate of drug-likeness (QED) is 0.343. The van der Waals surface area contributed by atoms with Crippen LogP contribution < -0.4 is 4.74 Å².